The fourth-order valence-electron chi connectivity index (χ4n) is 0.886. The lowest BCUT2D eigenvalue weighted by Crippen LogP contribution is -2.06. The molecule has 0 aromatic heterocycles. The molecule has 1 aliphatic rings. The van der Waals surface area contributed by atoms with E-state index in [9.17, 15) is 0 Å². The van der Waals surface area contributed by atoms with Crippen molar-refractivity contribution in [2.75, 3.05) is 12.3 Å². The molecule has 0 saturated heterocycles. The highest BCUT2D eigenvalue weighted by Gasteiger charge is 2.00. The predicted molar refractivity (Wildman–Crippen MR) is 40.0 cm³/mol. The Morgan fingerprint density at radius 1 is 1.50 bits per heavy atom. The fraction of sp³-hybridized carbons (Fsp3) is 0.833. The molecule has 0 atom stereocenters. The van der Waals surface area contributed by atoms with Crippen molar-refractivity contribution in [3.05, 3.63) is 0 Å². The summed E-state index contributed by atoms with van der Waals surface area (Å²) in [6.07, 6.45) is 3.78. The minimum atomic E-state index is 0.861. The van der Waals surface area contributed by atoms with Gasteiger partial charge in [0.2, 0.25) is 0 Å². The Balaban J connectivity index is 2.37. The summed E-state index contributed by atoms with van der Waals surface area (Å²) in [6.45, 7) is 1.04. The summed E-state index contributed by atoms with van der Waals surface area (Å²) >= 11 is 4.13. The molecule has 0 amide bonds. The zero-order valence-electron chi connectivity index (χ0n) is 4.93. The van der Waals surface area contributed by atoms with E-state index in [4.69, 9.17) is 0 Å². The SMILES string of the molecule is SCC1=NCCCC1. The van der Waals surface area contributed by atoms with E-state index < -0.39 is 0 Å². The number of thiol groups is 1. The van der Waals surface area contributed by atoms with Crippen molar-refractivity contribution in [1.82, 2.24) is 0 Å². The smallest absolute Gasteiger partial charge is 0.0389 e. The molecular weight excluding hydrogens is 118 g/mol. The van der Waals surface area contributed by atoms with E-state index in [-0.39, 0.29) is 0 Å². The van der Waals surface area contributed by atoms with Gasteiger partial charge in [-0.15, -0.1) is 0 Å². The van der Waals surface area contributed by atoms with Gasteiger partial charge >= 0.3 is 0 Å². The molecule has 0 spiro atoms. The van der Waals surface area contributed by atoms with Gasteiger partial charge in [0.15, 0.2) is 0 Å². The number of hydrogen-bond donors (Lipinski definition) is 1. The number of hydrogen-bond acceptors (Lipinski definition) is 2. The molecule has 46 valence electrons. The zero-order valence-corrected chi connectivity index (χ0v) is 5.82. The van der Waals surface area contributed by atoms with Crippen molar-refractivity contribution in [2.45, 2.75) is 19.3 Å². The van der Waals surface area contributed by atoms with E-state index in [0.29, 0.717) is 0 Å². The first kappa shape index (κ1) is 6.14. The van der Waals surface area contributed by atoms with Crippen molar-refractivity contribution < 1.29 is 0 Å². The van der Waals surface area contributed by atoms with Crippen LogP contribution in [0.1, 0.15) is 19.3 Å². The van der Waals surface area contributed by atoms with Crippen LogP contribution in [0.25, 0.3) is 0 Å². The molecule has 1 aliphatic heterocycles. The van der Waals surface area contributed by atoms with Crippen molar-refractivity contribution in [2.24, 2.45) is 4.99 Å². The van der Waals surface area contributed by atoms with Crippen LogP contribution in [0.5, 0.6) is 0 Å². The molecule has 8 heavy (non-hydrogen) atoms. The molecule has 0 aromatic carbocycles. The Kier molecular flexibility index (Phi) is 2.40. The van der Waals surface area contributed by atoms with E-state index >= 15 is 0 Å². The number of aliphatic imine (C=N–C) groups is 1. The number of nitrogens with zero attached hydrogens (tertiary/aromatic N) is 1. The van der Waals surface area contributed by atoms with Crippen LogP contribution in [0.4, 0.5) is 0 Å². The van der Waals surface area contributed by atoms with Gasteiger partial charge in [-0.3, -0.25) is 4.99 Å². The first-order valence-electron chi connectivity index (χ1n) is 3.06. The zero-order chi connectivity index (χ0) is 5.82. The molecule has 0 N–H and O–H groups in total. The van der Waals surface area contributed by atoms with Gasteiger partial charge in [0.05, 0.1) is 0 Å². The quantitative estimate of drug-likeness (QED) is 0.516. The average molecular weight is 129 g/mol. The maximum Gasteiger partial charge on any atom is 0.0389 e. The second kappa shape index (κ2) is 3.13. The van der Waals surface area contributed by atoms with Gasteiger partial charge < -0.3 is 0 Å². The summed E-state index contributed by atoms with van der Waals surface area (Å²) in [4.78, 5) is 4.29. The van der Waals surface area contributed by atoms with Crippen LogP contribution < -0.4 is 0 Å². The van der Waals surface area contributed by atoms with Gasteiger partial charge in [0.25, 0.3) is 0 Å². The highest BCUT2D eigenvalue weighted by molar-refractivity contribution is 7.81. The van der Waals surface area contributed by atoms with Crippen LogP contribution in [0.2, 0.25) is 0 Å². The van der Waals surface area contributed by atoms with E-state index in [2.05, 4.69) is 17.6 Å². The van der Waals surface area contributed by atoms with Crippen LogP contribution >= 0.6 is 12.6 Å². The van der Waals surface area contributed by atoms with Gasteiger partial charge in [-0.05, 0) is 19.3 Å². The Bertz CT molecular complexity index is 98.7. The Morgan fingerprint density at radius 3 is 2.75 bits per heavy atom. The second-order valence-electron chi connectivity index (χ2n) is 2.06. The molecule has 2 heteroatoms. The maximum absolute atomic E-state index is 4.29. The summed E-state index contributed by atoms with van der Waals surface area (Å²) in [6, 6.07) is 0. The van der Waals surface area contributed by atoms with E-state index in [1.807, 2.05) is 0 Å². The topological polar surface area (TPSA) is 12.4 Å². The van der Waals surface area contributed by atoms with Crippen molar-refractivity contribution in [1.29, 1.82) is 0 Å². The summed E-state index contributed by atoms with van der Waals surface area (Å²) in [5, 5.41) is 0. The molecule has 1 nitrogen and oxygen atoms in total. The first-order chi connectivity index (χ1) is 3.93. The van der Waals surface area contributed by atoms with E-state index in [0.717, 1.165) is 12.3 Å². The lowest BCUT2D eigenvalue weighted by Gasteiger charge is -2.07. The predicted octanol–water partition coefficient (Wildman–Crippen LogP) is 1.54. The molecule has 0 saturated carbocycles. The van der Waals surface area contributed by atoms with Crippen LogP contribution in [0.3, 0.4) is 0 Å². The fourth-order valence-corrected chi connectivity index (χ4v) is 1.14. The largest absolute Gasteiger partial charge is 0.293 e. The third-order valence-electron chi connectivity index (χ3n) is 1.39. The van der Waals surface area contributed by atoms with Gasteiger partial charge in [-0.2, -0.15) is 12.6 Å². The molecular formula is C6H11NS. The molecule has 1 rings (SSSR count). The van der Waals surface area contributed by atoms with Crippen molar-refractivity contribution >= 4 is 18.3 Å². The Hall–Kier alpha value is 0.0200. The highest BCUT2D eigenvalue weighted by atomic mass is 32.1. The summed E-state index contributed by atoms with van der Waals surface area (Å²) in [7, 11) is 0. The van der Waals surface area contributed by atoms with Crippen molar-refractivity contribution in [3.63, 3.8) is 0 Å². The monoisotopic (exact) mass is 129 g/mol. The summed E-state index contributed by atoms with van der Waals surface area (Å²) in [5.41, 5.74) is 1.29. The Morgan fingerprint density at radius 2 is 2.38 bits per heavy atom. The molecule has 0 radical (unpaired) electrons. The summed E-state index contributed by atoms with van der Waals surface area (Å²) in [5.74, 6) is 0.861. The minimum absolute atomic E-state index is 0.861. The van der Waals surface area contributed by atoms with Crippen molar-refractivity contribution in [3.8, 4) is 0 Å². The Labute approximate surface area is 55.6 Å². The summed E-state index contributed by atoms with van der Waals surface area (Å²) < 4.78 is 0. The minimum Gasteiger partial charge on any atom is -0.293 e. The van der Waals surface area contributed by atoms with Crippen LogP contribution in [-0.4, -0.2) is 18.0 Å². The molecule has 0 aliphatic carbocycles. The lowest BCUT2D eigenvalue weighted by atomic mass is 10.1. The standard InChI is InChI=1S/C6H11NS/c8-5-6-3-1-2-4-7-6/h8H,1-5H2. The second-order valence-corrected chi connectivity index (χ2v) is 2.38. The molecule has 0 unspecified atom stereocenters. The average Bonchev–Trinajstić information content (AvgIpc) is 1.90. The van der Waals surface area contributed by atoms with Crippen LogP contribution in [-0.2, 0) is 0 Å². The van der Waals surface area contributed by atoms with Gasteiger partial charge in [-0.1, -0.05) is 0 Å². The molecule has 0 aromatic rings. The third kappa shape index (κ3) is 1.51. The van der Waals surface area contributed by atoms with Gasteiger partial charge in [0, 0.05) is 18.0 Å². The van der Waals surface area contributed by atoms with Crippen LogP contribution in [0.15, 0.2) is 4.99 Å². The van der Waals surface area contributed by atoms with Crippen LogP contribution in [0, 0.1) is 0 Å². The van der Waals surface area contributed by atoms with E-state index in [1.165, 1.54) is 25.0 Å². The third-order valence-corrected chi connectivity index (χ3v) is 1.76. The molecule has 1 heterocycles. The van der Waals surface area contributed by atoms with Gasteiger partial charge in [-0.25, -0.2) is 0 Å². The normalized spacial score (nSPS) is 20.4. The van der Waals surface area contributed by atoms with E-state index in [1.54, 1.807) is 0 Å². The molecule has 0 bridgehead atoms. The number of rotatable bonds is 1. The maximum atomic E-state index is 4.29. The molecule has 0 fully saturated rings. The first-order valence-corrected chi connectivity index (χ1v) is 3.70. The lowest BCUT2D eigenvalue weighted by molar-refractivity contribution is 0.736. The highest BCUT2D eigenvalue weighted by Crippen LogP contribution is 2.05. The van der Waals surface area contributed by atoms with Gasteiger partial charge in [0.1, 0.15) is 0 Å².